The molecule has 15 heavy (non-hydrogen) atoms. The molecule has 1 aliphatic rings. The third-order valence-corrected chi connectivity index (χ3v) is 2.83. The number of nitrogens with two attached hydrogens (primary N) is 1. The molecule has 4 nitrogen and oxygen atoms in total. The minimum atomic E-state index is -0.231. The van der Waals surface area contributed by atoms with E-state index in [0.29, 0.717) is 25.4 Å². The van der Waals surface area contributed by atoms with Crippen LogP contribution in [0.4, 0.5) is 0 Å². The molecule has 0 aromatic rings. The number of likely N-dealkylation sites (tertiary alicyclic amines) is 1. The Morgan fingerprint density at radius 1 is 1.33 bits per heavy atom. The van der Waals surface area contributed by atoms with Crippen LogP contribution in [0.25, 0.3) is 0 Å². The summed E-state index contributed by atoms with van der Waals surface area (Å²) in [6.07, 6.45) is 2.04. The second-order valence-corrected chi connectivity index (χ2v) is 4.66. The van der Waals surface area contributed by atoms with Gasteiger partial charge in [-0.1, -0.05) is 13.8 Å². The summed E-state index contributed by atoms with van der Waals surface area (Å²) in [5.74, 6) is 0.332. The predicted octanol–water partition coefficient (Wildman–Crippen LogP) is 0.756. The van der Waals surface area contributed by atoms with Crippen molar-refractivity contribution < 1.29 is 9.59 Å². The highest BCUT2D eigenvalue weighted by atomic mass is 16.2. The van der Waals surface area contributed by atoms with Crippen molar-refractivity contribution >= 4 is 11.8 Å². The maximum atomic E-state index is 11.7. The zero-order valence-electron chi connectivity index (χ0n) is 9.53. The quantitative estimate of drug-likeness (QED) is 0.750. The number of carbonyl (C=O) groups is 2. The highest BCUT2D eigenvalue weighted by molar-refractivity contribution is 5.78. The molecule has 0 spiro atoms. The maximum Gasteiger partial charge on any atom is 0.222 e. The minimum Gasteiger partial charge on any atom is -0.369 e. The Morgan fingerprint density at radius 2 is 1.87 bits per heavy atom. The number of primary amides is 1. The normalized spacial score (nSPS) is 18.2. The van der Waals surface area contributed by atoms with Gasteiger partial charge in [0.05, 0.1) is 0 Å². The topological polar surface area (TPSA) is 63.4 Å². The first-order chi connectivity index (χ1) is 7.00. The van der Waals surface area contributed by atoms with Crippen LogP contribution in [0, 0.1) is 11.8 Å². The first kappa shape index (κ1) is 12.0. The fourth-order valence-electron chi connectivity index (χ4n) is 1.89. The zero-order chi connectivity index (χ0) is 11.4. The van der Waals surface area contributed by atoms with E-state index in [-0.39, 0.29) is 17.7 Å². The van der Waals surface area contributed by atoms with Gasteiger partial charge in [0.2, 0.25) is 11.8 Å². The molecule has 1 rings (SSSR count). The van der Waals surface area contributed by atoms with Crippen molar-refractivity contribution in [2.75, 3.05) is 13.1 Å². The van der Waals surface area contributed by atoms with E-state index >= 15 is 0 Å². The lowest BCUT2D eigenvalue weighted by Gasteiger charge is -2.31. The first-order valence-electron chi connectivity index (χ1n) is 5.57. The van der Waals surface area contributed by atoms with Crippen LogP contribution in [-0.2, 0) is 9.59 Å². The van der Waals surface area contributed by atoms with Gasteiger partial charge in [-0.05, 0) is 18.8 Å². The fourth-order valence-corrected chi connectivity index (χ4v) is 1.89. The Labute approximate surface area is 90.8 Å². The summed E-state index contributed by atoms with van der Waals surface area (Å²) in [6.45, 7) is 5.43. The highest BCUT2D eigenvalue weighted by Crippen LogP contribution is 2.18. The molecule has 0 bridgehead atoms. The standard InChI is InChI=1S/C11H20N2O2/c1-8(2)7-10(14)13-5-3-9(4-6-13)11(12)15/h8-9H,3-7H2,1-2H3,(H2,12,15). The molecule has 4 heteroatoms. The lowest BCUT2D eigenvalue weighted by atomic mass is 9.96. The number of rotatable bonds is 3. The van der Waals surface area contributed by atoms with Crippen molar-refractivity contribution in [2.24, 2.45) is 17.6 Å². The molecular weight excluding hydrogens is 192 g/mol. The van der Waals surface area contributed by atoms with E-state index in [2.05, 4.69) is 0 Å². The molecule has 0 unspecified atom stereocenters. The number of nitrogens with zero attached hydrogens (tertiary/aromatic N) is 1. The van der Waals surface area contributed by atoms with Gasteiger partial charge in [-0.15, -0.1) is 0 Å². The summed E-state index contributed by atoms with van der Waals surface area (Å²) in [6, 6.07) is 0. The average molecular weight is 212 g/mol. The Kier molecular flexibility index (Phi) is 4.12. The molecule has 1 fully saturated rings. The predicted molar refractivity (Wildman–Crippen MR) is 58.0 cm³/mol. The Bertz CT molecular complexity index is 243. The molecule has 1 aliphatic heterocycles. The molecule has 2 amide bonds. The molecule has 0 aromatic carbocycles. The lowest BCUT2D eigenvalue weighted by molar-refractivity contribution is -0.135. The number of amides is 2. The van der Waals surface area contributed by atoms with Crippen LogP contribution in [0.1, 0.15) is 33.1 Å². The molecule has 86 valence electrons. The van der Waals surface area contributed by atoms with E-state index in [0.717, 1.165) is 12.8 Å². The van der Waals surface area contributed by atoms with Gasteiger partial charge in [-0.3, -0.25) is 9.59 Å². The molecule has 1 heterocycles. The van der Waals surface area contributed by atoms with Gasteiger partial charge in [0.25, 0.3) is 0 Å². The molecule has 0 atom stereocenters. The number of carbonyl (C=O) groups excluding carboxylic acids is 2. The van der Waals surface area contributed by atoms with Crippen LogP contribution in [0.2, 0.25) is 0 Å². The van der Waals surface area contributed by atoms with E-state index in [1.54, 1.807) is 0 Å². The molecule has 0 aliphatic carbocycles. The molecule has 0 saturated carbocycles. The van der Waals surface area contributed by atoms with Crippen LogP contribution < -0.4 is 5.73 Å². The second-order valence-electron chi connectivity index (χ2n) is 4.66. The van der Waals surface area contributed by atoms with E-state index in [1.165, 1.54) is 0 Å². The molecule has 1 saturated heterocycles. The van der Waals surface area contributed by atoms with E-state index in [1.807, 2.05) is 18.7 Å². The Balaban J connectivity index is 2.37. The van der Waals surface area contributed by atoms with Crippen molar-refractivity contribution in [2.45, 2.75) is 33.1 Å². The van der Waals surface area contributed by atoms with Gasteiger partial charge in [-0.25, -0.2) is 0 Å². The van der Waals surface area contributed by atoms with Gasteiger partial charge in [0, 0.05) is 25.4 Å². The molecular formula is C11H20N2O2. The van der Waals surface area contributed by atoms with Gasteiger partial charge >= 0.3 is 0 Å². The smallest absolute Gasteiger partial charge is 0.222 e. The minimum absolute atomic E-state index is 0.0342. The summed E-state index contributed by atoms with van der Waals surface area (Å²) in [4.78, 5) is 24.5. The van der Waals surface area contributed by atoms with E-state index in [4.69, 9.17) is 5.73 Å². The van der Waals surface area contributed by atoms with Crippen molar-refractivity contribution in [3.8, 4) is 0 Å². The number of hydrogen-bond acceptors (Lipinski definition) is 2. The average Bonchev–Trinajstić information content (AvgIpc) is 2.17. The monoisotopic (exact) mass is 212 g/mol. The summed E-state index contributed by atoms with van der Waals surface area (Å²) in [5.41, 5.74) is 5.23. The lowest BCUT2D eigenvalue weighted by Crippen LogP contribution is -2.42. The zero-order valence-corrected chi connectivity index (χ0v) is 9.53. The van der Waals surface area contributed by atoms with Crippen LogP contribution in [0.3, 0.4) is 0 Å². The van der Waals surface area contributed by atoms with Crippen LogP contribution in [0.5, 0.6) is 0 Å². The van der Waals surface area contributed by atoms with Crippen molar-refractivity contribution in [1.29, 1.82) is 0 Å². The number of hydrogen-bond donors (Lipinski definition) is 1. The van der Waals surface area contributed by atoms with Gasteiger partial charge < -0.3 is 10.6 Å². The third-order valence-electron chi connectivity index (χ3n) is 2.83. The van der Waals surface area contributed by atoms with Crippen molar-refractivity contribution in [3.63, 3.8) is 0 Å². The maximum absolute atomic E-state index is 11.7. The Morgan fingerprint density at radius 3 is 2.27 bits per heavy atom. The summed E-state index contributed by atoms with van der Waals surface area (Å²) < 4.78 is 0. The third kappa shape index (κ3) is 3.53. The van der Waals surface area contributed by atoms with Crippen molar-refractivity contribution in [3.05, 3.63) is 0 Å². The van der Waals surface area contributed by atoms with Gasteiger partial charge in [-0.2, -0.15) is 0 Å². The Hall–Kier alpha value is -1.06. The largest absolute Gasteiger partial charge is 0.369 e. The summed E-state index contributed by atoms with van der Waals surface area (Å²) >= 11 is 0. The molecule has 0 radical (unpaired) electrons. The summed E-state index contributed by atoms with van der Waals surface area (Å²) in [5, 5.41) is 0. The van der Waals surface area contributed by atoms with E-state index in [9.17, 15) is 9.59 Å². The summed E-state index contributed by atoms with van der Waals surface area (Å²) in [7, 11) is 0. The van der Waals surface area contributed by atoms with E-state index < -0.39 is 0 Å². The van der Waals surface area contributed by atoms with Crippen LogP contribution >= 0.6 is 0 Å². The SMILES string of the molecule is CC(C)CC(=O)N1CCC(C(N)=O)CC1. The van der Waals surface area contributed by atoms with Gasteiger partial charge in [0.15, 0.2) is 0 Å². The van der Waals surface area contributed by atoms with Crippen LogP contribution in [0.15, 0.2) is 0 Å². The van der Waals surface area contributed by atoms with Gasteiger partial charge in [0.1, 0.15) is 0 Å². The number of piperidine rings is 1. The highest BCUT2D eigenvalue weighted by Gasteiger charge is 2.25. The van der Waals surface area contributed by atoms with Crippen LogP contribution in [-0.4, -0.2) is 29.8 Å². The molecule has 2 N–H and O–H groups in total. The fraction of sp³-hybridized carbons (Fsp3) is 0.818. The van der Waals surface area contributed by atoms with Crippen molar-refractivity contribution in [1.82, 2.24) is 4.90 Å². The second kappa shape index (κ2) is 5.14. The molecule has 0 aromatic heterocycles. The first-order valence-corrected chi connectivity index (χ1v) is 5.57.